The van der Waals surface area contributed by atoms with Crippen molar-refractivity contribution in [3.8, 4) is 10.6 Å². The maximum Gasteiger partial charge on any atom is 0.263 e. The lowest BCUT2D eigenvalue weighted by Gasteiger charge is -2.26. The molecule has 23 heavy (non-hydrogen) atoms. The third kappa shape index (κ3) is 3.91. The summed E-state index contributed by atoms with van der Waals surface area (Å²) in [6.07, 6.45) is 3.86. The van der Waals surface area contributed by atoms with Crippen LogP contribution in [0.25, 0.3) is 10.6 Å². The lowest BCUT2D eigenvalue weighted by atomic mass is 9.92. The number of benzene rings is 1. The molecular formula is C17H20ClN3OS. The molecule has 3 N–H and O–H groups in total. The number of rotatable bonds is 3. The number of hydrogen-bond acceptors (Lipinski definition) is 4. The number of aryl methyl sites for hydroxylation is 1. The van der Waals surface area contributed by atoms with Crippen LogP contribution < -0.4 is 11.1 Å². The summed E-state index contributed by atoms with van der Waals surface area (Å²) in [5.74, 6) is -0.0271. The van der Waals surface area contributed by atoms with Crippen LogP contribution in [0, 0.1) is 6.92 Å². The van der Waals surface area contributed by atoms with Gasteiger partial charge in [-0.15, -0.1) is 11.3 Å². The van der Waals surface area contributed by atoms with Crippen LogP contribution in [-0.4, -0.2) is 23.0 Å². The summed E-state index contributed by atoms with van der Waals surface area (Å²) in [5.41, 5.74) is 7.66. The van der Waals surface area contributed by atoms with Crippen LogP contribution >= 0.6 is 22.9 Å². The second-order valence-electron chi connectivity index (χ2n) is 6.03. The Bertz CT molecular complexity index is 690. The van der Waals surface area contributed by atoms with Crippen LogP contribution in [0.15, 0.2) is 24.3 Å². The van der Waals surface area contributed by atoms with Gasteiger partial charge in [-0.05, 0) is 44.7 Å². The highest BCUT2D eigenvalue weighted by Gasteiger charge is 2.23. The Morgan fingerprint density at radius 3 is 2.57 bits per heavy atom. The molecule has 1 amide bonds. The molecule has 4 nitrogen and oxygen atoms in total. The zero-order valence-electron chi connectivity index (χ0n) is 13.0. The molecule has 3 rings (SSSR count). The highest BCUT2D eigenvalue weighted by Crippen LogP contribution is 2.29. The minimum Gasteiger partial charge on any atom is -0.349 e. The van der Waals surface area contributed by atoms with Gasteiger partial charge in [0.25, 0.3) is 5.91 Å². The number of nitrogens with one attached hydrogen (secondary N) is 1. The number of amides is 1. The predicted octanol–water partition coefficient (Wildman–Crippen LogP) is 3.77. The van der Waals surface area contributed by atoms with Gasteiger partial charge in [0.2, 0.25) is 0 Å². The fraction of sp³-hybridized carbons (Fsp3) is 0.412. The molecule has 0 atom stereocenters. The summed E-state index contributed by atoms with van der Waals surface area (Å²) in [4.78, 5) is 17.7. The summed E-state index contributed by atoms with van der Waals surface area (Å²) in [6.45, 7) is 1.88. The molecule has 1 aliphatic rings. The predicted molar refractivity (Wildman–Crippen MR) is 95.0 cm³/mol. The van der Waals surface area contributed by atoms with Crippen LogP contribution in [0.2, 0.25) is 5.02 Å². The third-order valence-corrected chi connectivity index (χ3v) is 5.66. The molecule has 0 aliphatic heterocycles. The van der Waals surface area contributed by atoms with Crippen molar-refractivity contribution in [1.82, 2.24) is 10.3 Å². The Balaban J connectivity index is 1.72. The number of nitrogens with two attached hydrogens (primary N) is 1. The minimum atomic E-state index is -0.0271. The molecule has 122 valence electrons. The monoisotopic (exact) mass is 349 g/mol. The van der Waals surface area contributed by atoms with Gasteiger partial charge in [0.15, 0.2) is 0 Å². The fourth-order valence-electron chi connectivity index (χ4n) is 2.84. The van der Waals surface area contributed by atoms with Crippen molar-refractivity contribution in [3.63, 3.8) is 0 Å². The molecule has 2 aromatic rings. The van der Waals surface area contributed by atoms with Gasteiger partial charge in [-0.3, -0.25) is 4.79 Å². The van der Waals surface area contributed by atoms with E-state index >= 15 is 0 Å². The molecule has 1 aromatic heterocycles. The summed E-state index contributed by atoms with van der Waals surface area (Å²) in [5, 5.41) is 4.66. The SMILES string of the molecule is Cc1nc(-c2ccc(Cl)cc2)sc1C(=O)NC1CCC(N)CC1. The van der Waals surface area contributed by atoms with Crippen molar-refractivity contribution in [3.05, 3.63) is 39.9 Å². The molecule has 1 fully saturated rings. The second-order valence-corrected chi connectivity index (χ2v) is 7.46. The van der Waals surface area contributed by atoms with E-state index in [4.69, 9.17) is 17.3 Å². The lowest BCUT2D eigenvalue weighted by molar-refractivity contribution is 0.0929. The van der Waals surface area contributed by atoms with Crippen LogP contribution in [0.5, 0.6) is 0 Å². The number of aromatic nitrogens is 1. The topological polar surface area (TPSA) is 68.0 Å². The van der Waals surface area contributed by atoms with E-state index < -0.39 is 0 Å². The maximum atomic E-state index is 12.5. The van der Waals surface area contributed by atoms with E-state index in [9.17, 15) is 4.79 Å². The summed E-state index contributed by atoms with van der Waals surface area (Å²) >= 11 is 7.34. The van der Waals surface area contributed by atoms with Crippen LogP contribution in [-0.2, 0) is 0 Å². The van der Waals surface area contributed by atoms with Crippen molar-refractivity contribution >= 4 is 28.8 Å². The maximum absolute atomic E-state index is 12.5. The Hall–Kier alpha value is -1.43. The van der Waals surface area contributed by atoms with Crippen LogP contribution in [0.4, 0.5) is 0 Å². The average Bonchev–Trinajstić information content (AvgIpc) is 2.92. The molecular weight excluding hydrogens is 330 g/mol. The van der Waals surface area contributed by atoms with E-state index in [-0.39, 0.29) is 18.0 Å². The van der Waals surface area contributed by atoms with E-state index in [1.807, 2.05) is 31.2 Å². The van der Waals surface area contributed by atoms with Gasteiger partial charge in [0.05, 0.1) is 5.69 Å². The summed E-state index contributed by atoms with van der Waals surface area (Å²) in [7, 11) is 0. The number of nitrogens with zero attached hydrogens (tertiary/aromatic N) is 1. The Morgan fingerprint density at radius 2 is 1.91 bits per heavy atom. The first kappa shape index (κ1) is 16.4. The molecule has 1 saturated carbocycles. The van der Waals surface area contributed by atoms with Crippen molar-refractivity contribution in [2.45, 2.75) is 44.7 Å². The second kappa shape index (κ2) is 6.99. The number of halogens is 1. The van der Waals surface area contributed by atoms with E-state index in [1.54, 1.807) is 0 Å². The molecule has 6 heteroatoms. The zero-order chi connectivity index (χ0) is 16.4. The first-order valence-electron chi connectivity index (χ1n) is 7.82. The molecule has 1 aliphatic carbocycles. The molecule has 0 unspecified atom stereocenters. The first-order chi connectivity index (χ1) is 11.0. The zero-order valence-corrected chi connectivity index (χ0v) is 14.6. The largest absolute Gasteiger partial charge is 0.349 e. The van der Waals surface area contributed by atoms with Gasteiger partial charge in [0.1, 0.15) is 9.88 Å². The van der Waals surface area contributed by atoms with E-state index in [0.717, 1.165) is 41.9 Å². The van der Waals surface area contributed by atoms with Crippen molar-refractivity contribution in [2.24, 2.45) is 5.73 Å². The van der Waals surface area contributed by atoms with Crippen molar-refractivity contribution < 1.29 is 4.79 Å². The van der Waals surface area contributed by atoms with E-state index in [2.05, 4.69) is 10.3 Å². The Kier molecular flexibility index (Phi) is 4.99. The number of carbonyl (C=O) groups is 1. The van der Waals surface area contributed by atoms with Crippen molar-refractivity contribution in [2.75, 3.05) is 0 Å². The highest BCUT2D eigenvalue weighted by atomic mass is 35.5. The number of carbonyl (C=O) groups excluding carboxylic acids is 1. The van der Waals surface area contributed by atoms with Gasteiger partial charge in [-0.25, -0.2) is 4.98 Å². The molecule has 0 saturated heterocycles. The van der Waals surface area contributed by atoms with Crippen LogP contribution in [0.3, 0.4) is 0 Å². The first-order valence-corrected chi connectivity index (χ1v) is 9.02. The average molecular weight is 350 g/mol. The van der Waals surface area contributed by atoms with Gasteiger partial charge in [0, 0.05) is 22.7 Å². The van der Waals surface area contributed by atoms with Crippen LogP contribution in [0.1, 0.15) is 41.0 Å². The number of thiazole rings is 1. The van der Waals surface area contributed by atoms with E-state index in [0.29, 0.717) is 9.90 Å². The molecule has 1 aromatic carbocycles. The van der Waals surface area contributed by atoms with Gasteiger partial charge in [-0.1, -0.05) is 23.7 Å². The highest BCUT2D eigenvalue weighted by molar-refractivity contribution is 7.17. The molecule has 0 spiro atoms. The molecule has 1 heterocycles. The molecule has 0 radical (unpaired) electrons. The lowest BCUT2D eigenvalue weighted by Crippen LogP contribution is -2.40. The fourth-order valence-corrected chi connectivity index (χ4v) is 3.94. The Labute approximate surface area is 145 Å². The van der Waals surface area contributed by atoms with Gasteiger partial charge >= 0.3 is 0 Å². The van der Waals surface area contributed by atoms with Gasteiger partial charge in [-0.2, -0.15) is 0 Å². The summed E-state index contributed by atoms with van der Waals surface area (Å²) < 4.78 is 0. The minimum absolute atomic E-state index is 0.0271. The van der Waals surface area contributed by atoms with E-state index in [1.165, 1.54) is 11.3 Å². The standard InChI is InChI=1S/C17H20ClN3OS/c1-10-15(16(22)21-14-8-6-13(19)7-9-14)23-17(20-10)11-2-4-12(18)5-3-11/h2-5,13-14H,6-9,19H2,1H3,(H,21,22). The Morgan fingerprint density at radius 1 is 1.26 bits per heavy atom. The third-order valence-electron chi connectivity index (χ3n) is 4.20. The summed E-state index contributed by atoms with van der Waals surface area (Å²) in [6, 6.07) is 8.01. The quantitative estimate of drug-likeness (QED) is 0.886. The smallest absolute Gasteiger partial charge is 0.263 e. The number of hydrogen-bond donors (Lipinski definition) is 2. The van der Waals surface area contributed by atoms with Gasteiger partial charge < -0.3 is 11.1 Å². The molecule has 0 bridgehead atoms. The van der Waals surface area contributed by atoms with Crippen molar-refractivity contribution in [1.29, 1.82) is 0 Å². The normalized spacial score (nSPS) is 21.2.